The summed E-state index contributed by atoms with van der Waals surface area (Å²) < 4.78 is 0. The molecule has 4 rings (SSSR count). The number of rotatable bonds is 4. The van der Waals surface area contributed by atoms with E-state index in [0.717, 1.165) is 37.7 Å². The molecule has 30 heavy (non-hydrogen) atoms. The lowest BCUT2D eigenvalue weighted by molar-refractivity contribution is 0.0423. The first-order valence-electron chi connectivity index (χ1n) is 10.2. The molecule has 2 atom stereocenters. The smallest absolute Gasteiger partial charge is 0.254 e. The Morgan fingerprint density at radius 2 is 1.83 bits per heavy atom. The van der Waals surface area contributed by atoms with Crippen LogP contribution in [0.5, 0.6) is 0 Å². The highest BCUT2D eigenvalue weighted by Crippen LogP contribution is 2.21. The number of piperazine rings is 1. The van der Waals surface area contributed by atoms with Gasteiger partial charge in [0, 0.05) is 56.4 Å². The van der Waals surface area contributed by atoms with Crippen molar-refractivity contribution in [3.05, 3.63) is 70.2 Å². The average Bonchev–Trinajstić information content (AvgIpc) is 3.17. The van der Waals surface area contributed by atoms with Crippen LogP contribution in [0.15, 0.2) is 48.5 Å². The van der Waals surface area contributed by atoms with E-state index in [0.29, 0.717) is 24.2 Å². The minimum atomic E-state index is -0.559. The molecule has 2 fully saturated rings. The number of carbonyl (C=O) groups excluding carboxylic acids is 1. The number of halogens is 1. The van der Waals surface area contributed by atoms with Gasteiger partial charge in [-0.2, -0.15) is 5.26 Å². The van der Waals surface area contributed by atoms with Gasteiger partial charge < -0.3 is 10.0 Å². The van der Waals surface area contributed by atoms with Gasteiger partial charge in [-0.25, -0.2) is 0 Å². The van der Waals surface area contributed by atoms with Crippen molar-refractivity contribution in [2.45, 2.75) is 18.7 Å². The normalized spacial score (nSPS) is 22.8. The Balaban J connectivity index is 1.32. The number of hydrogen-bond acceptors (Lipinski definition) is 5. The molecule has 0 bridgehead atoms. The maximum absolute atomic E-state index is 12.8. The van der Waals surface area contributed by atoms with Crippen molar-refractivity contribution < 1.29 is 9.90 Å². The molecule has 0 radical (unpaired) electrons. The van der Waals surface area contributed by atoms with Crippen molar-refractivity contribution in [2.75, 3.05) is 39.3 Å². The lowest BCUT2D eigenvalue weighted by Crippen LogP contribution is -2.53. The van der Waals surface area contributed by atoms with Crippen molar-refractivity contribution in [1.29, 1.82) is 5.26 Å². The van der Waals surface area contributed by atoms with E-state index in [1.807, 2.05) is 12.1 Å². The molecule has 2 unspecified atom stereocenters. The lowest BCUT2D eigenvalue weighted by atomic mass is 10.1. The molecule has 0 saturated carbocycles. The third-order valence-corrected chi connectivity index (χ3v) is 6.23. The number of hydrogen-bond donors (Lipinski definition) is 1. The SMILES string of the molecule is N#Cc1cccc(C(=O)N2CC(O)C(N3CCN(Cc4ccc(Cl)cc4)CC3)C2)c1. The van der Waals surface area contributed by atoms with Crippen LogP contribution in [0, 0.1) is 11.3 Å². The van der Waals surface area contributed by atoms with Crippen LogP contribution in [0.1, 0.15) is 21.5 Å². The molecule has 2 saturated heterocycles. The first-order chi connectivity index (χ1) is 14.5. The second kappa shape index (κ2) is 9.15. The fourth-order valence-electron chi connectivity index (χ4n) is 4.30. The Hall–Kier alpha value is -2.43. The number of β-amino-alcohol motifs (C(OH)–C–C–N with tert-alkyl or cyclic N) is 1. The Bertz CT molecular complexity index is 935. The van der Waals surface area contributed by atoms with Gasteiger partial charge in [-0.15, -0.1) is 0 Å². The van der Waals surface area contributed by atoms with Crippen LogP contribution in [-0.4, -0.2) is 77.1 Å². The molecule has 156 valence electrons. The molecule has 2 aliphatic rings. The number of carbonyl (C=O) groups is 1. The zero-order valence-electron chi connectivity index (χ0n) is 16.7. The molecule has 7 heteroatoms. The Kier molecular flexibility index (Phi) is 6.35. The number of nitrogens with zero attached hydrogens (tertiary/aromatic N) is 4. The average molecular weight is 425 g/mol. The van der Waals surface area contributed by atoms with E-state index in [1.165, 1.54) is 5.56 Å². The van der Waals surface area contributed by atoms with Crippen molar-refractivity contribution >= 4 is 17.5 Å². The number of aliphatic hydroxyl groups is 1. The van der Waals surface area contributed by atoms with E-state index in [2.05, 4.69) is 28.0 Å². The molecule has 6 nitrogen and oxygen atoms in total. The van der Waals surface area contributed by atoms with Crippen molar-refractivity contribution in [3.8, 4) is 6.07 Å². The van der Waals surface area contributed by atoms with Gasteiger partial charge in [0.25, 0.3) is 5.91 Å². The minimum Gasteiger partial charge on any atom is -0.390 e. The first kappa shape index (κ1) is 20.8. The molecule has 0 aliphatic carbocycles. The molecule has 1 N–H and O–H groups in total. The fraction of sp³-hybridized carbons (Fsp3) is 0.391. The van der Waals surface area contributed by atoms with Crippen LogP contribution in [0.2, 0.25) is 5.02 Å². The van der Waals surface area contributed by atoms with Crippen LogP contribution in [0.25, 0.3) is 0 Å². The second-order valence-electron chi connectivity index (χ2n) is 7.98. The third kappa shape index (κ3) is 4.66. The van der Waals surface area contributed by atoms with Gasteiger partial charge in [-0.1, -0.05) is 29.8 Å². The van der Waals surface area contributed by atoms with E-state index in [9.17, 15) is 9.90 Å². The van der Waals surface area contributed by atoms with Crippen molar-refractivity contribution in [2.24, 2.45) is 0 Å². The molecule has 0 aromatic heterocycles. The van der Waals surface area contributed by atoms with Crippen molar-refractivity contribution in [1.82, 2.24) is 14.7 Å². The van der Waals surface area contributed by atoms with E-state index in [1.54, 1.807) is 29.2 Å². The first-order valence-corrected chi connectivity index (χ1v) is 10.6. The number of nitriles is 1. The zero-order chi connectivity index (χ0) is 21.1. The summed E-state index contributed by atoms with van der Waals surface area (Å²) in [6.07, 6.45) is -0.559. The summed E-state index contributed by atoms with van der Waals surface area (Å²) in [4.78, 5) is 19.2. The molecular weight excluding hydrogens is 400 g/mol. The van der Waals surface area contributed by atoms with Gasteiger partial charge in [0.05, 0.1) is 23.8 Å². The summed E-state index contributed by atoms with van der Waals surface area (Å²) in [5, 5.41) is 20.4. The molecule has 2 aromatic carbocycles. The molecule has 2 heterocycles. The topological polar surface area (TPSA) is 70.8 Å². The van der Waals surface area contributed by atoms with E-state index in [4.69, 9.17) is 16.9 Å². The summed E-state index contributed by atoms with van der Waals surface area (Å²) in [5.41, 5.74) is 2.20. The van der Waals surface area contributed by atoms with Gasteiger partial charge in [-0.05, 0) is 35.9 Å². The summed E-state index contributed by atoms with van der Waals surface area (Å²) in [5.74, 6) is -0.130. The number of amides is 1. The van der Waals surface area contributed by atoms with Crippen LogP contribution in [0.4, 0.5) is 0 Å². The maximum Gasteiger partial charge on any atom is 0.254 e. The molecule has 0 spiro atoms. The summed E-state index contributed by atoms with van der Waals surface area (Å²) >= 11 is 5.96. The van der Waals surface area contributed by atoms with Gasteiger partial charge in [0.1, 0.15) is 0 Å². The Morgan fingerprint density at radius 3 is 2.53 bits per heavy atom. The van der Waals surface area contributed by atoms with Gasteiger partial charge in [-0.3, -0.25) is 14.6 Å². The van der Waals surface area contributed by atoms with E-state index in [-0.39, 0.29) is 11.9 Å². The predicted octanol–water partition coefficient (Wildman–Crippen LogP) is 2.21. The largest absolute Gasteiger partial charge is 0.390 e. The summed E-state index contributed by atoms with van der Waals surface area (Å²) in [7, 11) is 0. The predicted molar refractivity (Wildman–Crippen MR) is 115 cm³/mol. The molecule has 2 aromatic rings. The fourth-order valence-corrected chi connectivity index (χ4v) is 4.43. The van der Waals surface area contributed by atoms with E-state index < -0.39 is 6.10 Å². The molecular formula is C23H25ClN4O2. The number of benzene rings is 2. The highest BCUT2D eigenvalue weighted by atomic mass is 35.5. The number of aliphatic hydroxyl groups excluding tert-OH is 1. The van der Waals surface area contributed by atoms with Crippen molar-refractivity contribution in [3.63, 3.8) is 0 Å². The molecule has 1 amide bonds. The Morgan fingerprint density at radius 1 is 1.10 bits per heavy atom. The maximum atomic E-state index is 12.8. The zero-order valence-corrected chi connectivity index (χ0v) is 17.5. The van der Waals surface area contributed by atoms with Crippen LogP contribution in [0.3, 0.4) is 0 Å². The van der Waals surface area contributed by atoms with Gasteiger partial charge in [0.15, 0.2) is 0 Å². The monoisotopic (exact) mass is 424 g/mol. The second-order valence-corrected chi connectivity index (χ2v) is 8.41. The summed E-state index contributed by atoms with van der Waals surface area (Å²) in [6, 6.07) is 16.7. The van der Waals surface area contributed by atoms with Crippen LogP contribution in [-0.2, 0) is 6.54 Å². The van der Waals surface area contributed by atoms with E-state index >= 15 is 0 Å². The standard InChI is InChI=1S/C23H25ClN4O2/c24-20-6-4-17(5-7-20)14-26-8-10-27(11-9-26)21-15-28(16-22(21)29)23(30)19-3-1-2-18(12-19)13-25/h1-7,12,21-22,29H,8-11,14-16H2. The number of likely N-dealkylation sites (tertiary alicyclic amines) is 1. The lowest BCUT2D eigenvalue weighted by Gasteiger charge is -2.38. The van der Waals surface area contributed by atoms with Crippen LogP contribution < -0.4 is 0 Å². The Labute approximate surface area is 181 Å². The highest BCUT2D eigenvalue weighted by molar-refractivity contribution is 6.30. The van der Waals surface area contributed by atoms with Crippen LogP contribution >= 0.6 is 11.6 Å². The summed E-state index contributed by atoms with van der Waals surface area (Å²) in [6.45, 7) is 5.29. The molecule has 2 aliphatic heterocycles. The van der Waals surface area contributed by atoms with Gasteiger partial charge >= 0.3 is 0 Å². The minimum absolute atomic E-state index is 0.0502. The highest BCUT2D eigenvalue weighted by Gasteiger charge is 2.38. The van der Waals surface area contributed by atoms with Gasteiger partial charge in [0.2, 0.25) is 0 Å². The quantitative estimate of drug-likeness (QED) is 0.814. The third-order valence-electron chi connectivity index (χ3n) is 5.98.